The van der Waals surface area contributed by atoms with E-state index in [1.54, 1.807) is 12.3 Å². The van der Waals surface area contributed by atoms with Crippen LogP contribution in [0.5, 0.6) is 0 Å². The van der Waals surface area contributed by atoms with Crippen molar-refractivity contribution in [2.24, 2.45) is 0 Å². The van der Waals surface area contributed by atoms with E-state index < -0.39 is 0 Å². The number of hydrogen-bond acceptors (Lipinski definition) is 1. The van der Waals surface area contributed by atoms with Crippen LogP contribution in [-0.2, 0) is 26.2 Å². The molecular weight excluding hydrogens is 155 g/mol. The molecule has 0 bridgehead atoms. The Bertz CT molecular complexity index is 65.3. The molecule has 3 heteroatoms. The van der Waals surface area contributed by atoms with Gasteiger partial charge in [-0.3, -0.25) is 5.10 Å². The van der Waals surface area contributed by atoms with Gasteiger partial charge in [0.2, 0.25) is 0 Å². The van der Waals surface area contributed by atoms with Gasteiger partial charge in [-0.2, -0.15) is 5.10 Å². The van der Waals surface area contributed by atoms with Crippen LogP contribution in [0.2, 0.25) is 0 Å². The molecule has 0 atom stereocenters. The van der Waals surface area contributed by atoms with Crippen LogP contribution in [0.3, 0.4) is 0 Å². The molecule has 0 saturated heterocycles. The minimum Gasteiger partial charge on any atom is -0.285 e. The second-order valence-electron chi connectivity index (χ2n) is 0.703. The Morgan fingerprint density at radius 3 is 2.67 bits per heavy atom. The molecule has 0 unspecified atom stereocenters. The normalized spacial score (nSPS) is 6.67. The molecule has 29 valence electrons. The molecule has 0 amide bonds. The summed E-state index contributed by atoms with van der Waals surface area (Å²) in [5.41, 5.74) is 0. The first-order valence-corrected chi connectivity index (χ1v) is 1.36. The first-order valence-electron chi connectivity index (χ1n) is 1.36. The summed E-state index contributed by atoms with van der Waals surface area (Å²) >= 11 is 0. The van der Waals surface area contributed by atoms with Crippen LogP contribution in [0.15, 0.2) is 12.3 Å². The van der Waals surface area contributed by atoms with Gasteiger partial charge in [-0.1, -0.05) is 0 Å². The number of aromatic amines is 1. The van der Waals surface area contributed by atoms with Crippen molar-refractivity contribution in [2.45, 2.75) is 0 Å². The summed E-state index contributed by atoms with van der Waals surface area (Å²) in [4.78, 5) is 0. The molecule has 0 aliphatic heterocycles. The molecule has 0 aliphatic carbocycles. The quantitative estimate of drug-likeness (QED) is 0.574. The summed E-state index contributed by atoms with van der Waals surface area (Å²) < 4.78 is 0. The number of hydrogen-bond donors (Lipinski definition) is 1. The van der Waals surface area contributed by atoms with Crippen molar-refractivity contribution in [3.05, 3.63) is 18.5 Å². The molecule has 1 aromatic heterocycles. The van der Waals surface area contributed by atoms with Gasteiger partial charge >= 0.3 is 0 Å². The van der Waals surface area contributed by atoms with E-state index in [4.69, 9.17) is 0 Å². The zero-order chi connectivity index (χ0) is 3.54. The van der Waals surface area contributed by atoms with Crippen LogP contribution in [0.25, 0.3) is 0 Å². The smallest absolute Gasteiger partial charge is 0.112 e. The molecule has 0 aromatic carbocycles. The molecule has 1 heterocycles. The average Bonchev–Trinajstić information content (AvgIpc) is 1.76. The van der Waals surface area contributed by atoms with E-state index in [9.17, 15) is 0 Å². The SMILES string of the molecule is [Zr].[c]1cc[nH]n1. The Morgan fingerprint density at radius 1 is 1.67 bits per heavy atom. The van der Waals surface area contributed by atoms with E-state index >= 15 is 0 Å². The molecule has 0 spiro atoms. The molecule has 2 nitrogen and oxygen atoms in total. The average molecular weight is 158 g/mol. The molecule has 0 saturated carbocycles. The monoisotopic (exact) mass is 157 g/mol. The topological polar surface area (TPSA) is 28.7 Å². The Morgan fingerprint density at radius 2 is 2.50 bits per heavy atom. The maximum atomic E-state index is 3.47. The second kappa shape index (κ2) is 3.29. The van der Waals surface area contributed by atoms with Gasteiger partial charge in [0.15, 0.2) is 0 Å². The molecule has 1 aromatic rings. The van der Waals surface area contributed by atoms with Gasteiger partial charge in [0.1, 0.15) is 6.20 Å². The molecular formula is C3H3N2Zr. The summed E-state index contributed by atoms with van der Waals surface area (Å²) in [6, 6.07) is 1.71. The third-order valence-electron chi connectivity index (χ3n) is 0.362. The summed E-state index contributed by atoms with van der Waals surface area (Å²) in [6.07, 6.45) is 4.26. The number of nitrogens with one attached hydrogen (secondary N) is 1. The first kappa shape index (κ1) is 6.09. The zero-order valence-electron chi connectivity index (χ0n) is 3.10. The van der Waals surface area contributed by atoms with Gasteiger partial charge in [0, 0.05) is 32.4 Å². The van der Waals surface area contributed by atoms with Gasteiger partial charge in [-0.25, -0.2) is 0 Å². The molecule has 0 fully saturated rings. The van der Waals surface area contributed by atoms with Gasteiger partial charge in [0.05, 0.1) is 0 Å². The minimum atomic E-state index is 0. The van der Waals surface area contributed by atoms with Crippen LogP contribution in [0, 0.1) is 6.20 Å². The van der Waals surface area contributed by atoms with Gasteiger partial charge in [0.25, 0.3) is 0 Å². The fraction of sp³-hybridized carbons (Fsp3) is 0. The number of aromatic nitrogens is 2. The van der Waals surface area contributed by atoms with Crippen molar-refractivity contribution in [1.29, 1.82) is 0 Å². The van der Waals surface area contributed by atoms with Crippen molar-refractivity contribution >= 4 is 0 Å². The third-order valence-corrected chi connectivity index (χ3v) is 0.362. The van der Waals surface area contributed by atoms with E-state index in [0.717, 1.165) is 0 Å². The third kappa shape index (κ3) is 1.51. The van der Waals surface area contributed by atoms with Gasteiger partial charge < -0.3 is 0 Å². The van der Waals surface area contributed by atoms with Crippen LogP contribution in [0.1, 0.15) is 0 Å². The molecule has 1 radical (unpaired) electrons. The Balaban J connectivity index is 0.000000250. The van der Waals surface area contributed by atoms with Gasteiger partial charge in [-0.05, 0) is 6.07 Å². The fourth-order valence-corrected chi connectivity index (χ4v) is 0.186. The first-order chi connectivity index (χ1) is 2.50. The standard InChI is InChI=1S/C3H3N2.Zr/c1-2-4-5-3-1;/h1-2H,(H,4,5);. The predicted octanol–water partition coefficient (Wildman–Crippen LogP) is 0.207. The van der Waals surface area contributed by atoms with Crippen molar-refractivity contribution in [3.63, 3.8) is 0 Å². The van der Waals surface area contributed by atoms with Crippen LogP contribution in [0.4, 0.5) is 0 Å². The summed E-state index contributed by atoms with van der Waals surface area (Å²) in [5.74, 6) is 0. The second-order valence-corrected chi connectivity index (χ2v) is 0.703. The summed E-state index contributed by atoms with van der Waals surface area (Å²) in [6.45, 7) is 0. The van der Waals surface area contributed by atoms with E-state index in [0.29, 0.717) is 0 Å². The summed E-state index contributed by atoms with van der Waals surface area (Å²) in [5, 5.41) is 6.03. The predicted molar refractivity (Wildman–Crippen MR) is 17.4 cm³/mol. The minimum absolute atomic E-state index is 0. The fourth-order valence-electron chi connectivity index (χ4n) is 0.186. The Labute approximate surface area is 55.1 Å². The van der Waals surface area contributed by atoms with Crippen LogP contribution >= 0.6 is 0 Å². The molecule has 0 aliphatic rings. The number of H-pyrrole nitrogens is 1. The van der Waals surface area contributed by atoms with Gasteiger partial charge in [-0.15, -0.1) is 0 Å². The number of rotatable bonds is 0. The largest absolute Gasteiger partial charge is 0.285 e. The summed E-state index contributed by atoms with van der Waals surface area (Å²) in [7, 11) is 0. The van der Waals surface area contributed by atoms with Crippen molar-refractivity contribution in [3.8, 4) is 0 Å². The number of nitrogens with zero attached hydrogens (tertiary/aromatic N) is 1. The molecule has 6 heavy (non-hydrogen) atoms. The Hall–Kier alpha value is 0.0931. The Kier molecular flexibility index (Phi) is 3.34. The van der Waals surface area contributed by atoms with E-state index in [1.165, 1.54) is 0 Å². The van der Waals surface area contributed by atoms with E-state index in [1.807, 2.05) is 0 Å². The van der Waals surface area contributed by atoms with Crippen molar-refractivity contribution in [2.75, 3.05) is 0 Å². The maximum Gasteiger partial charge on any atom is 0.112 e. The molecule has 1 rings (SSSR count). The van der Waals surface area contributed by atoms with Crippen LogP contribution < -0.4 is 0 Å². The van der Waals surface area contributed by atoms with Crippen molar-refractivity contribution < 1.29 is 26.2 Å². The van der Waals surface area contributed by atoms with E-state index in [-0.39, 0.29) is 26.2 Å². The molecule has 1 N–H and O–H groups in total. The zero-order valence-corrected chi connectivity index (χ0v) is 5.56. The maximum absolute atomic E-state index is 3.47. The van der Waals surface area contributed by atoms with Crippen molar-refractivity contribution in [1.82, 2.24) is 10.2 Å². The van der Waals surface area contributed by atoms with Crippen LogP contribution in [-0.4, -0.2) is 10.2 Å². The van der Waals surface area contributed by atoms with E-state index in [2.05, 4.69) is 16.4 Å².